The third-order valence-electron chi connectivity index (χ3n) is 2.01. The molecule has 3 nitrogen and oxygen atoms in total. The molecular formula is C11H9Cl2N3S. The highest BCUT2D eigenvalue weighted by Gasteiger charge is 2.10. The minimum atomic E-state index is 0.394. The highest BCUT2D eigenvalue weighted by Crippen LogP contribution is 2.37. The maximum absolute atomic E-state index is 6.08. The van der Waals surface area contributed by atoms with Gasteiger partial charge in [-0.3, -0.25) is 0 Å². The molecule has 17 heavy (non-hydrogen) atoms. The second kappa shape index (κ2) is 5.12. The number of nitrogen functional groups attached to an aromatic ring is 1. The molecule has 1 aromatic carbocycles. The van der Waals surface area contributed by atoms with Crippen LogP contribution in [-0.4, -0.2) is 9.97 Å². The van der Waals surface area contributed by atoms with Gasteiger partial charge in [0.05, 0.1) is 15.7 Å². The number of aryl methyl sites for hydroxylation is 1. The van der Waals surface area contributed by atoms with Crippen LogP contribution in [0.3, 0.4) is 0 Å². The van der Waals surface area contributed by atoms with E-state index in [1.54, 1.807) is 12.3 Å². The molecule has 0 aliphatic rings. The first-order valence-electron chi connectivity index (χ1n) is 4.79. The zero-order valence-corrected chi connectivity index (χ0v) is 11.3. The van der Waals surface area contributed by atoms with Crippen molar-refractivity contribution in [3.63, 3.8) is 0 Å². The molecule has 88 valence electrons. The molecule has 2 rings (SSSR count). The number of benzene rings is 1. The Morgan fingerprint density at radius 3 is 2.76 bits per heavy atom. The molecule has 0 aliphatic heterocycles. The number of rotatable bonds is 2. The largest absolute Gasteiger partial charge is 0.381 e. The van der Waals surface area contributed by atoms with E-state index < -0.39 is 0 Å². The molecular weight excluding hydrogens is 277 g/mol. The van der Waals surface area contributed by atoms with Crippen molar-refractivity contribution in [3.05, 3.63) is 40.1 Å². The molecule has 1 heterocycles. The summed E-state index contributed by atoms with van der Waals surface area (Å²) in [6.07, 6.45) is 1.66. The minimum absolute atomic E-state index is 0.394. The molecule has 2 aromatic rings. The standard InChI is InChI=1S/C11H9Cl2N3S/c1-6-5-15-11(10(14)16-6)17-8-4-2-3-7(12)9(8)13/h2-5H,1H3,(H2,14,16). The van der Waals surface area contributed by atoms with Crippen LogP contribution >= 0.6 is 35.0 Å². The fourth-order valence-electron chi connectivity index (χ4n) is 1.23. The van der Waals surface area contributed by atoms with Gasteiger partial charge in [-0.1, -0.05) is 41.0 Å². The highest BCUT2D eigenvalue weighted by molar-refractivity contribution is 7.99. The molecule has 0 saturated heterocycles. The van der Waals surface area contributed by atoms with Gasteiger partial charge in [-0.25, -0.2) is 9.97 Å². The molecule has 0 unspecified atom stereocenters. The summed E-state index contributed by atoms with van der Waals surface area (Å²) < 4.78 is 0. The molecule has 1 aromatic heterocycles. The van der Waals surface area contributed by atoms with Crippen LogP contribution in [0.4, 0.5) is 5.82 Å². The second-order valence-corrected chi connectivity index (χ2v) is 5.17. The van der Waals surface area contributed by atoms with E-state index in [-0.39, 0.29) is 0 Å². The van der Waals surface area contributed by atoms with Crippen LogP contribution in [0.15, 0.2) is 34.3 Å². The van der Waals surface area contributed by atoms with Crippen molar-refractivity contribution in [1.82, 2.24) is 9.97 Å². The quantitative estimate of drug-likeness (QED) is 0.911. The van der Waals surface area contributed by atoms with Crippen molar-refractivity contribution in [3.8, 4) is 0 Å². The third-order valence-corrected chi connectivity index (χ3v) is 4.01. The molecule has 0 atom stereocenters. The maximum atomic E-state index is 6.08. The fourth-order valence-corrected chi connectivity index (χ4v) is 2.51. The van der Waals surface area contributed by atoms with Crippen LogP contribution in [-0.2, 0) is 0 Å². The number of aromatic nitrogens is 2. The van der Waals surface area contributed by atoms with Crippen LogP contribution in [0, 0.1) is 6.92 Å². The SMILES string of the molecule is Cc1cnc(Sc2cccc(Cl)c2Cl)c(N)n1. The van der Waals surface area contributed by atoms with Gasteiger partial charge < -0.3 is 5.73 Å². The van der Waals surface area contributed by atoms with Gasteiger partial charge >= 0.3 is 0 Å². The van der Waals surface area contributed by atoms with Gasteiger partial charge in [-0.2, -0.15) is 0 Å². The van der Waals surface area contributed by atoms with Gasteiger partial charge in [0, 0.05) is 11.1 Å². The summed E-state index contributed by atoms with van der Waals surface area (Å²) in [5.41, 5.74) is 6.57. The minimum Gasteiger partial charge on any atom is -0.381 e. The summed E-state index contributed by atoms with van der Waals surface area (Å²) >= 11 is 13.4. The zero-order chi connectivity index (χ0) is 12.4. The number of hydrogen-bond acceptors (Lipinski definition) is 4. The Kier molecular flexibility index (Phi) is 3.76. The summed E-state index contributed by atoms with van der Waals surface area (Å²) in [6, 6.07) is 5.42. The van der Waals surface area contributed by atoms with Crippen molar-refractivity contribution in [2.45, 2.75) is 16.8 Å². The van der Waals surface area contributed by atoms with Crippen LogP contribution in [0.2, 0.25) is 10.0 Å². The van der Waals surface area contributed by atoms with E-state index in [2.05, 4.69) is 9.97 Å². The average molecular weight is 286 g/mol. The third kappa shape index (κ3) is 2.83. The predicted octanol–water partition coefficient (Wildman–Crippen LogP) is 3.83. The molecule has 0 aliphatic carbocycles. The smallest absolute Gasteiger partial charge is 0.156 e. The molecule has 2 N–H and O–H groups in total. The van der Waals surface area contributed by atoms with E-state index in [1.807, 2.05) is 19.1 Å². The van der Waals surface area contributed by atoms with Gasteiger partial charge in [-0.05, 0) is 19.1 Å². The number of nitrogens with two attached hydrogens (primary N) is 1. The normalized spacial score (nSPS) is 10.5. The first kappa shape index (κ1) is 12.5. The first-order chi connectivity index (χ1) is 8.08. The Labute approximate surface area is 113 Å². The van der Waals surface area contributed by atoms with E-state index in [1.165, 1.54) is 11.8 Å². The van der Waals surface area contributed by atoms with Crippen LogP contribution in [0.1, 0.15) is 5.69 Å². The molecule has 0 saturated carbocycles. The Balaban J connectivity index is 2.35. The number of halogens is 2. The van der Waals surface area contributed by atoms with E-state index in [9.17, 15) is 0 Å². The molecule has 0 spiro atoms. The lowest BCUT2D eigenvalue weighted by atomic mass is 10.4. The summed E-state index contributed by atoms with van der Waals surface area (Å²) in [4.78, 5) is 9.17. The number of anilines is 1. The summed E-state index contributed by atoms with van der Waals surface area (Å²) in [6.45, 7) is 1.84. The van der Waals surface area contributed by atoms with Gasteiger partial charge in [-0.15, -0.1) is 0 Å². The first-order valence-corrected chi connectivity index (χ1v) is 6.36. The fraction of sp³-hybridized carbons (Fsp3) is 0.0909. The lowest BCUT2D eigenvalue weighted by Crippen LogP contribution is -1.97. The van der Waals surface area contributed by atoms with E-state index >= 15 is 0 Å². The van der Waals surface area contributed by atoms with Crippen LogP contribution in [0.25, 0.3) is 0 Å². The Morgan fingerprint density at radius 1 is 1.29 bits per heavy atom. The topological polar surface area (TPSA) is 51.8 Å². The predicted molar refractivity (Wildman–Crippen MR) is 71.8 cm³/mol. The monoisotopic (exact) mass is 285 g/mol. The van der Waals surface area contributed by atoms with Crippen LogP contribution in [0.5, 0.6) is 0 Å². The van der Waals surface area contributed by atoms with E-state index in [4.69, 9.17) is 28.9 Å². The van der Waals surface area contributed by atoms with Gasteiger partial charge in [0.25, 0.3) is 0 Å². The number of hydrogen-bond donors (Lipinski definition) is 1. The summed E-state index contributed by atoms with van der Waals surface area (Å²) in [5, 5.41) is 1.64. The van der Waals surface area contributed by atoms with Gasteiger partial charge in [0.1, 0.15) is 5.03 Å². The molecule has 6 heteroatoms. The van der Waals surface area contributed by atoms with Crippen molar-refractivity contribution >= 4 is 40.8 Å². The maximum Gasteiger partial charge on any atom is 0.156 e. The van der Waals surface area contributed by atoms with Crippen LogP contribution < -0.4 is 5.73 Å². The van der Waals surface area contributed by atoms with E-state index in [0.717, 1.165) is 10.6 Å². The van der Waals surface area contributed by atoms with Gasteiger partial charge in [0.2, 0.25) is 0 Å². The van der Waals surface area contributed by atoms with E-state index in [0.29, 0.717) is 20.9 Å². The second-order valence-electron chi connectivity index (χ2n) is 3.36. The van der Waals surface area contributed by atoms with Crippen molar-refractivity contribution in [1.29, 1.82) is 0 Å². The lowest BCUT2D eigenvalue weighted by Gasteiger charge is -2.06. The van der Waals surface area contributed by atoms with Gasteiger partial charge in [0.15, 0.2) is 5.82 Å². The Hall–Kier alpha value is -0.970. The average Bonchev–Trinajstić information content (AvgIpc) is 2.28. The Bertz CT molecular complexity index is 560. The zero-order valence-electron chi connectivity index (χ0n) is 8.95. The molecule has 0 fully saturated rings. The Morgan fingerprint density at radius 2 is 2.06 bits per heavy atom. The lowest BCUT2D eigenvalue weighted by molar-refractivity contribution is 1.03. The molecule has 0 radical (unpaired) electrons. The summed E-state index contributed by atoms with van der Waals surface area (Å²) in [7, 11) is 0. The number of nitrogens with zero attached hydrogens (tertiary/aromatic N) is 2. The molecule has 0 bridgehead atoms. The van der Waals surface area contributed by atoms with Crippen molar-refractivity contribution in [2.75, 3.05) is 5.73 Å². The molecule has 0 amide bonds. The summed E-state index contributed by atoms with van der Waals surface area (Å²) in [5.74, 6) is 0.394. The highest BCUT2D eigenvalue weighted by atomic mass is 35.5. The van der Waals surface area contributed by atoms with Crippen molar-refractivity contribution < 1.29 is 0 Å². The van der Waals surface area contributed by atoms with Crippen molar-refractivity contribution in [2.24, 2.45) is 0 Å².